The number of rotatable bonds is 1. The lowest BCUT2D eigenvalue weighted by molar-refractivity contribution is 0.0888. The Morgan fingerprint density at radius 3 is 2.44 bits per heavy atom. The molecule has 2 aliphatic rings. The van der Waals surface area contributed by atoms with Gasteiger partial charge in [0.2, 0.25) is 0 Å². The first-order valence-corrected chi connectivity index (χ1v) is 6.51. The molecule has 1 aliphatic heterocycles. The van der Waals surface area contributed by atoms with Gasteiger partial charge in [-0.15, -0.1) is 0 Å². The molecule has 0 unspecified atom stereocenters. The average Bonchev–Trinajstić information content (AvgIpc) is 2.33. The molecule has 0 aromatic rings. The largest absolute Gasteiger partial charge is 0.391 e. The van der Waals surface area contributed by atoms with Crippen molar-refractivity contribution in [3.05, 3.63) is 0 Å². The van der Waals surface area contributed by atoms with Crippen molar-refractivity contribution in [3.63, 3.8) is 0 Å². The first-order valence-electron chi connectivity index (χ1n) is 6.51. The minimum Gasteiger partial charge on any atom is -0.391 e. The van der Waals surface area contributed by atoms with E-state index >= 15 is 0 Å². The molecule has 4 heteroatoms. The number of carbonyl (C=O) groups excluding carboxylic acids is 1. The summed E-state index contributed by atoms with van der Waals surface area (Å²) in [7, 11) is 0. The van der Waals surface area contributed by atoms with E-state index < -0.39 is 0 Å². The predicted octanol–water partition coefficient (Wildman–Crippen LogP) is 1.49. The lowest BCUT2D eigenvalue weighted by atomic mass is 9.93. The third kappa shape index (κ3) is 2.88. The van der Waals surface area contributed by atoms with E-state index in [0.29, 0.717) is 0 Å². The molecule has 2 rings (SSSR count). The van der Waals surface area contributed by atoms with Crippen molar-refractivity contribution in [2.45, 2.75) is 57.1 Å². The second-order valence-corrected chi connectivity index (χ2v) is 4.96. The molecule has 2 atom stereocenters. The van der Waals surface area contributed by atoms with Crippen LogP contribution in [0.15, 0.2) is 0 Å². The third-order valence-electron chi connectivity index (χ3n) is 3.68. The number of hydrogen-bond donors (Lipinski definition) is 2. The summed E-state index contributed by atoms with van der Waals surface area (Å²) in [6, 6.07) is -0.00572. The highest BCUT2D eigenvalue weighted by Crippen LogP contribution is 2.19. The second kappa shape index (κ2) is 5.53. The minimum atomic E-state index is -0.345. The fourth-order valence-electron chi connectivity index (χ4n) is 2.63. The van der Waals surface area contributed by atoms with E-state index in [1.807, 2.05) is 4.90 Å². The lowest BCUT2D eigenvalue weighted by Gasteiger charge is -2.32. The molecule has 0 aromatic carbocycles. The van der Waals surface area contributed by atoms with Crippen molar-refractivity contribution in [1.29, 1.82) is 0 Å². The number of piperidine rings is 1. The zero-order valence-corrected chi connectivity index (χ0v) is 9.82. The summed E-state index contributed by atoms with van der Waals surface area (Å²) in [6.07, 6.45) is 7.05. The van der Waals surface area contributed by atoms with Crippen LogP contribution in [0.25, 0.3) is 0 Å². The Labute approximate surface area is 97.0 Å². The van der Waals surface area contributed by atoms with Crippen LogP contribution < -0.4 is 5.32 Å². The molecule has 2 fully saturated rings. The molecule has 1 aliphatic carbocycles. The van der Waals surface area contributed by atoms with Crippen molar-refractivity contribution in [1.82, 2.24) is 10.2 Å². The summed E-state index contributed by atoms with van der Waals surface area (Å²) in [4.78, 5) is 13.8. The Kier molecular flexibility index (Phi) is 4.04. The quantitative estimate of drug-likeness (QED) is 0.711. The van der Waals surface area contributed by atoms with Crippen molar-refractivity contribution < 1.29 is 9.90 Å². The van der Waals surface area contributed by atoms with E-state index in [9.17, 15) is 9.90 Å². The Morgan fingerprint density at radius 2 is 1.75 bits per heavy atom. The molecule has 1 heterocycles. The summed E-state index contributed by atoms with van der Waals surface area (Å²) in [5.74, 6) is 0. The van der Waals surface area contributed by atoms with E-state index in [1.165, 1.54) is 6.42 Å². The number of nitrogens with zero attached hydrogens (tertiary/aromatic N) is 1. The Balaban J connectivity index is 1.80. The van der Waals surface area contributed by atoms with Crippen molar-refractivity contribution >= 4 is 6.03 Å². The van der Waals surface area contributed by atoms with E-state index in [1.54, 1.807) is 0 Å². The van der Waals surface area contributed by atoms with Gasteiger partial charge in [-0.1, -0.05) is 12.8 Å². The molecule has 16 heavy (non-hydrogen) atoms. The smallest absolute Gasteiger partial charge is 0.317 e. The van der Waals surface area contributed by atoms with Gasteiger partial charge in [-0.25, -0.2) is 4.79 Å². The van der Waals surface area contributed by atoms with Gasteiger partial charge in [0.1, 0.15) is 0 Å². The topological polar surface area (TPSA) is 52.6 Å². The van der Waals surface area contributed by atoms with Crippen LogP contribution in [0.3, 0.4) is 0 Å². The molecule has 0 spiro atoms. The second-order valence-electron chi connectivity index (χ2n) is 4.96. The lowest BCUT2D eigenvalue weighted by Crippen LogP contribution is -2.51. The fourth-order valence-corrected chi connectivity index (χ4v) is 2.63. The predicted molar refractivity (Wildman–Crippen MR) is 62.2 cm³/mol. The molecule has 92 valence electrons. The summed E-state index contributed by atoms with van der Waals surface area (Å²) in [5, 5.41) is 12.8. The summed E-state index contributed by atoms with van der Waals surface area (Å²) in [6.45, 7) is 1.74. The van der Waals surface area contributed by atoms with Crippen molar-refractivity contribution in [2.24, 2.45) is 0 Å². The number of nitrogens with one attached hydrogen (secondary N) is 1. The molecule has 0 aromatic heterocycles. The van der Waals surface area contributed by atoms with Gasteiger partial charge < -0.3 is 15.3 Å². The minimum absolute atomic E-state index is 0.0191. The van der Waals surface area contributed by atoms with Gasteiger partial charge in [0.15, 0.2) is 0 Å². The van der Waals surface area contributed by atoms with Gasteiger partial charge in [0, 0.05) is 13.1 Å². The fraction of sp³-hybridized carbons (Fsp3) is 0.917. The van der Waals surface area contributed by atoms with E-state index in [0.717, 1.165) is 51.6 Å². The van der Waals surface area contributed by atoms with Crippen LogP contribution in [0.4, 0.5) is 4.79 Å². The third-order valence-corrected chi connectivity index (χ3v) is 3.68. The van der Waals surface area contributed by atoms with Crippen LogP contribution in [0, 0.1) is 0 Å². The summed E-state index contributed by atoms with van der Waals surface area (Å²) < 4.78 is 0. The Bertz CT molecular complexity index is 239. The SMILES string of the molecule is O=C(N[C@@H]1CCCC[C@H]1O)N1CCCCC1. The number of hydrogen-bond acceptors (Lipinski definition) is 2. The normalized spacial score (nSPS) is 31.2. The molecular formula is C12H22N2O2. The van der Waals surface area contributed by atoms with Gasteiger partial charge in [-0.2, -0.15) is 0 Å². The first-order chi connectivity index (χ1) is 7.77. The molecule has 0 radical (unpaired) electrons. The Morgan fingerprint density at radius 1 is 1.06 bits per heavy atom. The molecule has 1 saturated carbocycles. The zero-order valence-electron chi connectivity index (χ0n) is 9.82. The summed E-state index contributed by atoms with van der Waals surface area (Å²) in [5.41, 5.74) is 0. The van der Waals surface area contributed by atoms with Gasteiger partial charge in [0.25, 0.3) is 0 Å². The number of aliphatic hydroxyl groups is 1. The van der Waals surface area contributed by atoms with Crippen LogP contribution in [0.1, 0.15) is 44.9 Å². The molecule has 2 amide bonds. The molecule has 1 saturated heterocycles. The van der Waals surface area contributed by atoms with Crippen LogP contribution in [-0.2, 0) is 0 Å². The van der Waals surface area contributed by atoms with Crippen LogP contribution >= 0.6 is 0 Å². The number of likely N-dealkylation sites (tertiary alicyclic amines) is 1. The van der Waals surface area contributed by atoms with Crippen LogP contribution in [0.5, 0.6) is 0 Å². The van der Waals surface area contributed by atoms with Crippen LogP contribution in [0.2, 0.25) is 0 Å². The average molecular weight is 226 g/mol. The van der Waals surface area contributed by atoms with E-state index in [-0.39, 0.29) is 18.2 Å². The van der Waals surface area contributed by atoms with Gasteiger partial charge in [-0.3, -0.25) is 0 Å². The summed E-state index contributed by atoms with van der Waals surface area (Å²) >= 11 is 0. The van der Waals surface area contributed by atoms with Crippen molar-refractivity contribution in [2.75, 3.05) is 13.1 Å². The van der Waals surface area contributed by atoms with Gasteiger partial charge in [0.05, 0.1) is 12.1 Å². The molecule has 2 N–H and O–H groups in total. The van der Waals surface area contributed by atoms with E-state index in [4.69, 9.17) is 0 Å². The maximum Gasteiger partial charge on any atom is 0.317 e. The highest BCUT2D eigenvalue weighted by molar-refractivity contribution is 5.74. The van der Waals surface area contributed by atoms with Gasteiger partial charge >= 0.3 is 6.03 Å². The molecular weight excluding hydrogens is 204 g/mol. The number of aliphatic hydroxyl groups excluding tert-OH is 1. The number of urea groups is 1. The molecule has 0 bridgehead atoms. The van der Waals surface area contributed by atoms with Crippen molar-refractivity contribution in [3.8, 4) is 0 Å². The van der Waals surface area contributed by atoms with Crippen LogP contribution in [-0.4, -0.2) is 41.3 Å². The standard InChI is InChI=1S/C12H22N2O2/c15-11-7-3-2-6-10(11)13-12(16)14-8-4-1-5-9-14/h10-11,15H,1-9H2,(H,13,16)/t10-,11-/m1/s1. The zero-order chi connectivity index (χ0) is 11.4. The number of amides is 2. The highest BCUT2D eigenvalue weighted by Gasteiger charge is 2.26. The molecule has 4 nitrogen and oxygen atoms in total. The first kappa shape index (κ1) is 11.7. The Hall–Kier alpha value is -0.770. The monoisotopic (exact) mass is 226 g/mol. The maximum atomic E-state index is 11.9. The number of carbonyl (C=O) groups is 1. The highest BCUT2D eigenvalue weighted by atomic mass is 16.3. The van der Waals surface area contributed by atoms with Gasteiger partial charge in [-0.05, 0) is 32.1 Å². The van der Waals surface area contributed by atoms with E-state index in [2.05, 4.69) is 5.32 Å². The maximum absolute atomic E-state index is 11.9.